The minimum atomic E-state index is 0.620. The van der Waals surface area contributed by atoms with Gasteiger partial charge in [0.1, 0.15) is 0 Å². The average Bonchev–Trinajstić information content (AvgIpc) is 2.45. The summed E-state index contributed by atoms with van der Waals surface area (Å²) >= 11 is 0. The molecule has 0 saturated carbocycles. The highest BCUT2D eigenvalue weighted by molar-refractivity contribution is 5.84. The SMILES string of the molecule is C=Cc1[nH]cc(C=O)c1C=C. The van der Waals surface area contributed by atoms with Gasteiger partial charge in [-0.15, -0.1) is 0 Å². The highest BCUT2D eigenvalue weighted by atomic mass is 16.1. The summed E-state index contributed by atoms with van der Waals surface area (Å²) in [4.78, 5) is 13.3. The topological polar surface area (TPSA) is 32.9 Å². The van der Waals surface area contributed by atoms with E-state index >= 15 is 0 Å². The third-order valence-corrected chi connectivity index (χ3v) is 1.52. The molecule has 1 rings (SSSR count). The zero-order chi connectivity index (χ0) is 8.27. The molecule has 0 unspecified atom stereocenters. The Labute approximate surface area is 65.2 Å². The Morgan fingerprint density at radius 2 is 2.09 bits per heavy atom. The van der Waals surface area contributed by atoms with E-state index in [-0.39, 0.29) is 0 Å². The first-order chi connectivity index (χ1) is 5.33. The number of carbonyl (C=O) groups excluding carboxylic acids is 1. The summed E-state index contributed by atoms with van der Waals surface area (Å²) in [6.45, 7) is 7.19. The smallest absolute Gasteiger partial charge is 0.152 e. The number of carbonyl (C=O) groups is 1. The van der Waals surface area contributed by atoms with Gasteiger partial charge >= 0.3 is 0 Å². The number of aldehydes is 1. The summed E-state index contributed by atoms with van der Waals surface area (Å²) in [5.41, 5.74) is 2.27. The van der Waals surface area contributed by atoms with Gasteiger partial charge in [0, 0.05) is 23.0 Å². The van der Waals surface area contributed by atoms with E-state index in [9.17, 15) is 4.79 Å². The Morgan fingerprint density at radius 1 is 1.36 bits per heavy atom. The number of rotatable bonds is 3. The van der Waals surface area contributed by atoms with Crippen molar-refractivity contribution in [3.05, 3.63) is 36.2 Å². The summed E-state index contributed by atoms with van der Waals surface area (Å²) in [6.07, 6.45) is 5.72. The lowest BCUT2D eigenvalue weighted by Gasteiger charge is -1.90. The number of H-pyrrole nitrogens is 1. The molecule has 0 aromatic carbocycles. The van der Waals surface area contributed by atoms with Gasteiger partial charge < -0.3 is 4.98 Å². The minimum Gasteiger partial charge on any atom is -0.360 e. The van der Waals surface area contributed by atoms with Crippen LogP contribution in [0.2, 0.25) is 0 Å². The van der Waals surface area contributed by atoms with E-state index in [4.69, 9.17) is 0 Å². The van der Waals surface area contributed by atoms with Crippen molar-refractivity contribution in [1.82, 2.24) is 4.98 Å². The van der Waals surface area contributed by atoms with E-state index in [1.54, 1.807) is 18.3 Å². The number of hydrogen-bond donors (Lipinski definition) is 1. The van der Waals surface area contributed by atoms with Gasteiger partial charge in [-0.25, -0.2) is 0 Å². The molecular formula is C9H9NO. The lowest BCUT2D eigenvalue weighted by Crippen LogP contribution is -1.79. The largest absolute Gasteiger partial charge is 0.360 e. The Morgan fingerprint density at radius 3 is 2.55 bits per heavy atom. The molecule has 1 heterocycles. The fourth-order valence-electron chi connectivity index (χ4n) is 0.961. The predicted molar refractivity (Wildman–Crippen MR) is 46.4 cm³/mol. The van der Waals surface area contributed by atoms with Crippen molar-refractivity contribution in [3.8, 4) is 0 Å². The van der Waals surface area contributed by atoms with Gasteiger partial charge in [-0.2, -0.15) is 0 Å². The third kappa shape index (κ3) is 1.15. The van der Waals surface area contributed by atoms with Crippen molar-refractivity contribution in [3.63, 3.8) is 0 Å². The molecule has 0 aliphatic heterocycles. The number of aromatic nitrogens is 1. The van der Waals surface area contributed by atoms with Gasteiger partial charge in [0.15, 0.2) is 6.29 Å². The number of nitrogens with one attached hydrogen (secondary N) is 1. The molecule has 2 heteroatoms. The van der Waals surface area contributed by atoms with Crippen molar-refractivity contribution in [2.24, 2.45) is 0 Å². The summed E-state index contributed by atoms with van der Waals surface area (Å²) < 4.78 is 0. The van der Waals surface area contributed by atoms with Crippen LogP contribution in [0.25, 0.3) is 12.2 Å². The molecule has 0 fully saturated rings. The maximum Gasteiger partial charge on any atom is 0.152 e. The predicted octanol–water partition coefficient (Wildman–Crippen LogP) is 2.11. The van der Waals surface area contributed by atoms with Crippen LogP contribution in [0.1, 0.15) is 21.6 Å². The molecule has 1 N–H and O–H groups in total. The summed E-state index contributed by atoms with van der Waals surface area (Å²) in [7, 11) is 0. The standard InChI is InChI=1S/C9H9NO/c1-3-8-7(6-11)5-10-9(8)4-2/h3-6,10H,1-2H2. The summed E-state index contributed by atoms with van der Waals surface area (Å²) in [5.74, 6) is 0. The number of hydrogen-bond acceptors (Lipinski definition) is 1. The van der Waals surface area contributed by atoms with Crippen LogP contribution in [-0.4, -0.2) is 11.3 Å². The van der Waals surface area contributed by atoms with Crippen LogP contribution < -0.4 is 0 Å². The molecule has 0 spiro atoms. The van der Waals surface area contributed by atoms with Gasteiger partial charge in [0.2, 0.25) is 0 Å². The quantitative estimate of drug-likeness (QED) is 0.652. The van der Waals surface area contributed by atoms with Gasteiger partial charge in [-0.05, 0) is 6.08 Å². The van der Waals surface area contributed by atoms with Crippen molar-refractivity contribution in [1.29, 1.82) is 0 Å². The van der Waals surface area contributed by atoms with Gasteiger partial charge in [0.05, 0.1) is 0 Å². The lowest BCUT2D eigenvalue weighted by atomic mass is 10.1. The van der Waals surface area contributed by atoms with Crippen LogP contribution >= 0.6 is 0 Å². The molecule has 0 saturated heterocycles. The molecule has 0 atom stereocenters. The van der Waals surface area contributed by atoms with Crippen LogP contribution in [0, 0.1) is 0 Å². The molecule has 1 aromatic rings. The van der Waals surface area contributed by atoms with Crippen molar-refractivity contribution >= 4 is 18.4 Å². The van der Waals surface area contributed by atoms with E-state index in [2.05, 4.69) is 18.1 Å². The van der Waals surface area contributed by atoms with E-state index in [0.29, 0.717) is 5.56 Å². The van der Waals surface area contributed by atoms with Crippen molar-refractivity contribution in [2.45, 2.75) is 0 Å². The highest BCUT2D eigenvalue weighted by Gasteiger charge is 2.02. The second-order valence-electron chi connectivity index (χ2n) is 2.10. The Balaban J connectivity index is 3.29. The van der Waals surface area contributed by atoms with Crippen LogP contribution in [0.15, 0.2) is 19.4 Å². The molecule has 0 radical (unpaired) electrons. The first kappa shape index (κ1) is 7.54. The molecule has 56 valence electrons. The number of aromatic amines is 1. The molecule has 2 nitrogen and oxygen atoms in total. The molecule has 0 aliphatic carbocycles. The van der Waals surface area contributed by atoms with E-state index in [0.717, 1.165) is 17.5 Å². The molecule has 0 bridgehead atoms. The molecule has 0 aliphatic rings. The zero-order valence-electron chi connectivity index (χ0n) is 6.13. The first-order valence-electron chi connectivity index (χ1n) is 3.25. The fraction of sp³-hybridized carbons (Fsp3) is 0. The first-order valence-corrected chi connectivity index (χ1v) is 3.25. The fourth-order valence-corrected chi connectivity index (χ4v) is 0.961. The molecule has 1 aromatic heterocycles. The highest BCUT2D eigenvalue weighted by Crippen LogP contribution is 2.14. The Kier molecular flexibility index (Phi) is 2.06. The Hall–Kier alpha value is -1.57. The third-order valence-electron chi connectivity index (χ3n) is 1.52. The van der Waals surface area contributed by atoms with Gasteiger partial charge in [0.25, 0.3) is 0 Å². The van der Waals surface area contributed by atoms with Crippen LogP contribution in [0.4, 0.5) is 0 Å². The van der Waals surface area contributed by atoms with E-state index in [1.165, 1.54) is 0 Å². The lowest BCUT2D eigenvalue weighted by molar-refractivity contribution is 0.112. The van der Waals surface area contributed by atoms with E-state index < -0.39 is 0 Å². The maximum atomic E-state index is 10.4. The van der Waals surface area contributed by atoms with E-state index in [1.807, 2.05) is 0 Å². The van der Waals surface area contributed by atoms with Gasteiger partial charge in [-0.1, -0.05) is 19.2 Å². The van der Waals surface area contributed by atoms with Crippen LogP contribution in [0.3, 0.4) is 0 Å². The normalized spacial score (nSPS) is 9.09. The van der Waals surface area contributed by atoms with Crippen molar-refractivity contribution < 1.29 is 4.79 Å². The second kappa shape index (κ2) is 3.01. The van der Waals surface area contributed by atoms with Crippen LogP contribution in [-0.2, 0) is 0 Å². The zero-order valence-corrected chi connectivity index (χ0v) is 6.13. The average molecular weight is 147 g/mol. The van der Waals surface area contributed by atoms with Gasteiger partial charge in [-0.3, -0.25) is 4.79 Å². The van der Waals surface area contributed by atoms with Crippen LogP contribution in [0.5, 0.6) is 0 Å². The monoisotopic (exact) mass is 147 g/mol. The molecule has 0 amide bonds. The second-order valence-corrected chi connectivity index (χ2v) is 2.10. The summed E-state index contributed by atoms with van der Waals surface area (Å²) in [5, 5.41) is 0. The molecular weight excluding hydrogens is 138 g/mol. The van der Waals surface area contributed by atoms with Crippen molar-refractivity contribution in [2.75, 3.05) is 0 Å². The summed E-state index contributed by atoms with van der Waals surface area (Å²) in [6, 6.07) is 0. The minimum absolute atomic E-state index is 0.620. The Bertz CT molecular complexity index is 271. The molecule has 11 heavy (non-hydrogen) atoms. The maximum absolute atomic E-state index is 10.4.